The molecular formula is C32H41N9O4. The third-order valence-electron chi connectivity index (χ3n) is 9.22. The average Bonchev–Trinajstić information content (AvgIpc) is 3.80. The quantitative estimate of drug-likeness (QED) is 0.270. The fraction of sp³-hybridized carbons (Fsp3) is 0.500. The topological polar surface area (TPSA) is 117 Å². The molecule has 3 atom stereocenters. The molecule has 45 heavy (non-hydrogen) atoms. The highest BCUT2D eigenvalue weighted by molar-refractivity contribution is 5.54. The second-order valence-corrected chi connectivity index (χ2v) is 12.1. The zero-order valence-corrected chi connectivity index (χ0v) is 25.9. The minimum Gasteiger partial charge on any atom is -0.491 e. The number of piperazine rings is 1. The number of benzene rings is 2. The van der Waals surface area contributed by atoms with Crippen LogP contribution in [0.1, 0.15) is 26.3 Å². The molecule has 0 radical (unpaired) electrons. The molecular weight excluding hydrogens is 574 g/mol. The number of ether oxygens (including phenoxy) is 3. The molecule has 5 heterocycles. The molecule has 3 saturated heterocycles. The van der Waals surface area contributed by atoms with E-state index in [4.69, 9.17) is 14.2 Å². The maximum Gasteiger partial charge on any atom is 0.350 e. The van der Waals surface area contributed by atoms with Crippen molar-refractivity contribution < 1.29 is 14.2 Å². The Morgan fingerprint density at radius 1 is 0.933 bits per heavy atom. The monoisotopic (exact) mass is 615 g/mol. The molecule has 3 unspecified atom stereocenters. The molecule has 4 aromatic rings. The Kier molecular flexibility index (Phi) is 8.30. The molecule has 1 N–H and O–H groups in total. The third-order valence-corrected chi connectivity index (χ3v) is 9.22. The molecule has 13 nitrogen and oxygen atoms in total. The van der Waals surface area contributed by atoms with Crippen molar-refractivity contribution in [1.82, 2.24) is 34.7 Å². The van der Waals surface area contributed by atoms with Crippen molar-refractivity contribution in [1.29, 1.82) is 0 Å². The molecule has 0 spiro atoms. The zero-order chi connectivity index (χ0) is 30.8. The van der Waals surface area contributed by atoms with Crippen LogP contribution in [-0.4, -0.2) is 93.7 Å². The van der Waals surface area contributed by atoms with E-state index < -0.39 is 5.79 Å². The van der Waals surface area contributed by atoms with Gasteiger partial charge in [0.05, 0.1) is 30.7 Å². The first kappa shape index (κ1) is 29.5. The van der Waals surface area contributed by atoms with Crippen LogP contribution in [0.2, 0.25) is 0 Å². The SMILES string of the molecule is CCC(C)n1ncn(-c2ccc(N3CCN(c4ccc(OCC5COC(Cn6nccn6)(C6CNC6)O5)cc4)CC3)cc2)c1=O. The largest absolute Gasteiger partial charge is 0.491 e. The van der Waals surface area contributed by atoms with Crippen LogP contribution in [0.5, 0.6) is 5.75 Å². The lowest BCUT2D eigenvalue weighted by molar-refractivity contribution is -0.227. The van der Waals surface area contributed by atoms with Gasteiger partial charge in [0, 0.05) is 56.6 Å². The highest BCUT2D eigenvalue weighted by Gasteiger charge is 2.51. The lowest BCUT2D eigenvalue weighted by atomic mass is 9.92. The highest BCUT2D eigenvalue weighted by Crippen LogP contribution is 2.35. The Bertz CT molecular complexity index is 1590. The van der Waals surface area contributed by atoms with E-state index in [1.807, 2.05) is 31.2 Å². The van der Waals surface area contributed by atoms with Crippen LogP contribution in [0.3, 0.4) is 0 Å². The Labute approximate surface area is 262 Å². The molecule has 13 heteroatoms. The molecule has 0 saturated carbocycles. The van der Waals surface area contributed by atoms with Crippen LogP contribution in [-0.2, 0) is 16.0 Å². The number of nitrogens with zero attached hydrogens (tertiary/aromatic N) is 8. The van der Waals surface area contributed by atoms with Gasteiger partial charge in [-0.2, -0.15) is 20.1 Å². The van der Waals surface area contributed by atoms with E-state index in [0.29, 0.717) is 19.8 Å². The van der Waals surface area contributed by atoms with Crippen molar-refractivity contribution >= 4 is 11.4 Å². The fourth-order valence-corrected chi connectivity index (χ4v) is 6.17. The minimum atomic E-state index is -0.733. The Balaban J connectivity index is 0.897. The second kappa shape index (κ2) is 12.7. The van der Waals surface area contributed by atoms with Crippen molar-refractivity contribution in [2.24, 2.45) is 5.92 Å². The summed E-state index contributed by atoms with van der Waals surface area (Å²) in [5, 5.41) is 16.1. The first-order valence-corrected chi connectivity index (χ1v) is 15.9. The fourth-order valence-electron chi connectivity index (χ4n) is 6.17. The summed E-state index contributed by atoms with van der Waals surface area (Å²) in [6.07, 6.45) is 5.64. The van der Waals surface area contributed by atoms with Crippen molar-refractivity contribution in [3.63, 3.8) is 0 Å². The molecule has 2 aromatic heterocycles. The van der Waals surface area contributed by atoms with Gasteiger partial charge >= 0.3 is 5.69 Å². The van der Waals surface area contributed by atoms with Gasteiger partial charge < -0.3 is 29.3 Å². The maximum atomic E-state index is 12.8. The van der Waals surface area contributed by atoms with Gasteiger partial charge in [-0.1, -0.05) is 6.92 Å². The first-order chi connectivity index (χ1) is 22.0. The Hall–Kier alpha value is -4.20. The summed E-state index contributed by atoms with van der Waals surface area (Å²) in [7, 11) is 0. The smallest absolute Gasteiger partial charge is 0.350 e. The summed E-state index contributed by atoms with van der Waals surface area (Å²) in [5.74, 6) is 0.332. The van der Waals surface area contributed by atoms with E-state index in [-0.39, 0.29) is 23.8 Å². The second-order valence-electron chi connectivity index (χ2n) is 12.1. The molecule has 3 aliphatic rings. The predicted molar refractivity (Wildman–Crippen MR) is 169 cm³/mol. The molecule has 3 fully saturated rings. The van der Waals surface area contributed by atoms with E-state index in [1.54, 1.807) is 32.8 Å². The van der Waals surface area contributed by atoms with Crippen molar-refractivity contribution in [3.05, 3.63) is 77.7 Å². The molecule has 2 aromatic carbocycles. The number of hydrogen-bond donors (Lipinski definition) is 1. The van der Waals surface area contributed by atoms with E-state index in [2.05, 4.69) is 61.6 Å². The first-order valence-electron chi connectivity index (χ1n) is 15.9. The predicted octanol–water partition coefficient (Wildman–Crippen LogP) is 2.33. The van der Waals surface area contributed by atoms with Crippen LogP contribution in [0.4, 0.5) is 11.4 Å². The number of rotatable bonds is 11. The van der Waals surface area contributed by atoms with Gasteiger partial charge in [0.2, 0.25) is 0 Å². The van der Waals surface area contributed by atoms with Crippen LogP contribution < -0.4 is 25.5 Å². The van der Waals surface area contributed by atoms with Gasteiger partial charge in [0.25, 0.3) is 0 Å². The van der Waals surface area contributed by atoms with Crippen molar-refractivity contribution in [2.75, 3.05) is 62.3 Å². The van der Waals surface area contributed by atoms with Gasteiger partial charge in [-0.3, -0.25) is 0 Å². The van der Waals surface area contributed by atoms with Gasteiger partial charge in [-0.25, -0.2) is 14.0 Å². The van der Waals surface area contributed by atoms with Gasteiger partial charge in [-0.15, -0.1) is 0 Å². The molecule has 0 amide bonds. The van der Waals surface area contributed by atoms with Gasteiger partial charge in [-0.05, 0) is 61.9 Å². The summed E-state index contributed by atoms with van der Waals surface area (Å²) in [4.78, 5) is 19.2. The lowest BCUT2D eigenvalue weighted by Gasteiger charge is -2.41. The standard InChI is InChI=1S/C32H41N9O4/c1-3-24(2)41-31(42)39(23-36-41)28-6-4-26(5-7-28)37-14-16-38(17-15-37)27-8-10-29(11-9-27)43-20-30-21-44-32(45-30,25-18-33-19-25)22-40-34-12-13-35-40/h4-13,23-25,30,33H,3,14-22H2,1-2H3. The van der Waals surface area contributed by atoms with Crippen LogP contribution >= 0.6 is 0 Å². The van der Waals surface area contributed by atoms with Crippen LogP contribution in [0.25, 0.3) is 5.69 Å². The Morgan fingerprint density at radius 3 is 2.16 bits per heavy atom. The van der Waals surface area contributed by atoms with E-state index >= 15 is 0 Å². The van der Waals surface area contributed by atoms with Crippen molar-refractivity contribution in [3.8, 4) is 11.4 Å². The molecule has 0 bridgehead atoms. The number of hydrogen-bond acceptors (Lipinski definition) is 10. The normalized spacial score (nSPS) is 22.8. The highest BCUT2D eigenvalue weighted by atomic mass is 16.8. The lowest BCUT2D eigenvalue weighted by Crippen LogP contribution is -2.58. The van der Waals surface area contributed by atoms with E-state index in [9.17, 15) is 4.79 Å². The minimum absolute atomic E-state index is 0.0760. The summed E-state index contributed by atoms with van der Waals surface area (Å²) in [5.41, 5.74) is 3.05. The van der Waals surface area contributed by atoms with Gasteiger partial charge in [0.1, 0.15) is 31.3 Å². The summed E-state index contributed by atoms with van der Waals surface area (Å²) in [6.45, 7) is 10.8. The van der Waals surface area contributed by atoms with E-state index in [1.165, 1.54) is 5.69 Å². The summed E-state index contributed by atoms with van der Waals surface area (Å²) < 4.78 is 21.9. The zero-order valence-electron chi connectivity index (χ0n) is 25.9. The number of nitrogens with one attached hydrogen (secondary N) is 1. The van der Waals surface area contributed by atoms with Crippen LogP contribution in [0, 0.1) is 5.92 Å². The molecule has 3 aliphatic heterocycles. The van der Waals surface area contributed by atoms with E-state index in [0.717, 1.165) is 62.8 Å². The Morgan fingerprint density at radius 2 is 1.56 bits per heavy atom. The summed E-state index contributed by atoms with van der Waals surface area (Å²) >= 11 is 0. The molecule has 7 rings (SSSR count). The average molecular weight is 616 g/mol. The maximum absolute atomic E-state index is 12.8. The number of anilines is 2. The molecule has 0 aliphatic carbocycles. The molecule has 238 valence electrons. The number of aromatic nitrogens is 6. The van der Waals surface area contributed by atoms with Crippen molar-refractivity contribution in [2.45, 2.75) is 44.7 Å². The van der Waals surface area contributed by atoms with Gasteiger partial charge in [0.15, 0.2) is 5.79 Å². The third kappa shape index (κ3) is 6.07. The van der Waals surface area contributed by atoms with Crippen LogP contribution in [0.15, 0.2) is 72.0 Å². The summed E-state index contributed by atoms with van der Waals surface area (Å²) in [6, 6.07) is 16.5.